The highest BCUT2D eigenvalue weighted by Gasteiger charge is 2.45. The van der Waals surface area contributed by atoms with Gasteiger partial charge in [0.25, 0.3) is 11.8 Å². The number of para-hydroxylation sites is 1. The number of hydrogen-bond acceptors (Lipinski definition) is 11. The minimum absolute atomic E-state index is 0.0176. The molecule has 4 aromatic rings. The average Bonchev–Trinajstić information content (AvgIpc) is 3.94. The highest BCUT2D eigenvalue weighted by Crippen LogP contribution is 2.34. The van der Waals surface area contributed by atoms with Crippen LogP contribution in [0.5, 0.6) is 0 Å². The van der Waals surface area contributed by atoms with Crippen molar-refractivity contribution in [2.45, 2.75) is 114 Å². The van der Waals surface area contributed by atoms with E-state index in [1.807, 2.05) is 42.5 Å². The van der Waals surface area contributed by atoms with Crippen LogP contribution < -0.4 is 21.7 Å². The van der Waals surface area contributed by atoms with E-state index in [9.17, 15) is 33.9 Å². The number of nitrogens with one attached hydrogen (secondary N) is 3. The number of ketones is 1. The first kappa shape index (κ1) is 44.3. The maximum Gasteiger partial charge on any atom is 0.407 e. The zero-order valence-electron chi connectivity index (χ0n) is 34.6. The molecule has 2 aliphatic rings. The lowest BCUT2D eigenvalue weighted by molar-refractivity contribution is -0.142. The first-order chi connectivity index (χ1) is 29.3. The number of aromatic nitrogens is 4. The van der Waals surface area contributed by atoms with Gasteiger partial charge in [-0.15, -0.1) is 5.10 Å². The number of primary amides is 1. The number of ether oxygens (including phenoxy) is 1. The van der Waals surface area contributed by atoms with Crippen LogP contribution in [0.4, 0.5) is 4.79 Å². The summed E-state index contributed by atoms with van der Waals surface area (Å²) in [6, 6.07) is 13.9. The fraction of sp³-hybridized carbons (Fsp3) is 0.477. The van der Waals surface area contributed by atoms with Crippen molar-refractivity contribution in [2.75, 3.05) is 13.1 Å². The molecule has 1 saturated carbocycles. The molecule has 1 unspecified atom stereocenters. The van der Waals surface area contributed by atoms with Crippen molar-refractivity contribution in [1.29, 1.82) is 0 Å². The van der Waals surface area contributed by atoms with Crippen LogP contribution in [0.15, 0.2) is 73.1 Å². The van der Waals surface area contributed by atoms with Gasteiger partial charge in [-0.2, -0.15) is 0 Å². The lowest BCUT2D eigenvalue weighted by Crippen LogP contribution is -2.56. The summed E-state index contributed by atoms with van der Waals surface area (Å²) in [4.78, 5) is 86.8. The standard InChI is InChI=1S/C44H55N9O8/c1-44(2,60)36-25-48-51-53(36)31-24-35(41(57)49-33(38(54)39(45)55)20-9-10-21-47-43(59)61-27-29-15-7-4-8-16-29)52(26-31)42(58)34(23-28-13-5-3-6-14-28)50-40(56)32-19-11-17-30-18-12-22-46-37(30)32/h4,7-8,11-12,15-19,22,25,28,31,33-35,60H,3,5-6,9-10,13-14,20-21,23-24,26-27H2,1-2H3,(H2,45,55)(H,47,59)(H,49,57)(H,50,56)/t31-,33?,34+,35-/m0/s1. The number of fused-ring (bicyclic) bond motifs is 1. The molecule has 5 amide bonds. The molecule has 1 aliphatic carbocycles. The molecule has 0 radical (unpaired) electrons. The number of amides is 5. The fourth-order valence-corrected chi connectivity index (χ4v) is 8.28. The van der Waals surface area contributed by atoms with Crippen molar-refractivity contribution in [3.8, 4) is 0 Å². The normalized spacial score (nSPS) is 17.9. The van der Waals surface area contributed by atoms with Crippen molar-refractivity contribution < 1.29 is 38.6 Å². The first-order valence-corrected chi connectivity index (χ1v) is 21.0. The zero-order chi connectivity index (χ0) is 43.5. The quantitative estimate of drug-likeness (QED) is 0.0717. The first-order valence-electron chi connectivity index (χ1n) is 21.0. The van der Waals surface area contributed by atoms with Crippen molar-refractivity contribution in [1.82, 2.24) is 40.8 Å². The Bertz CT molecular complexity index is 2180. The molecule has 6 rings (SSSR count). The number of carbonyl (C=O) groups excluding carboxylic acids is 6. The van der Waals surface area contributed by atoms with Crippen molar-refractivity contribution in [3.63, 3.8) is 0 Å². The predicted octanol–water partition coefficient (Wildman–Crippen LogP) is 3.60. The molecule has 0 spiro atoms. The SMILES string of the molecule is CC(C)(O)c1cnnn1[C@H]1C[C@@H](C(=O)NC(CCCCNC(=O)OCc2ccccc2)C(=O)C(N)=O)N(C(=O)[C@@H](CC2CCCCC2)NC(=O)c2cccc3cccnc23)C1. The van der Waals surface area contributed by atoms with Crippen molar-refractivity contribution >= 4 is 46.4 Å². The Kier molecular flexibility index (Phi) is 14.8. The maximum atomic E-state index is 15.0. The molecule has 17 nitrogen and oxygen atoms in total. The molecule has 3 heterocycles. The van der Waals surface area contributed by atoms with Gasteiger partial charge in [-0.25, -0.2) is 9.48 Å². The fourth-order valence-electron chi connectivity index (χ4n) is 8.28. The molecule has 1 aliphatic heterocycles. The lowest BCUT2D eigenvalue weighted by Gasteiger charge is -2.32. The van der Waals surface area contributed by atoms with Gasteiger partial charge in [-0.1, -0.05) is 85.8 Å². The number of pyridine rings is 1. The van der Waals surface area contributed by atoms with E-state index >= 15 is 0 Å². The number of alkyl carbamates (subject to hydrolysis) is 1. The number of benzene rings is 2. The Morgan fingerprint density at radius 1 is 0.934 bits per heavy atom. The second kappa shape index (κ2) is 20.4. The van der Waals surface area contributed by atoms with Gasteiger partial charge in [-0.3, -0.25) is 29.0 Å². The Morgan fingerprint density at radius 2 is 1.69 bits per heavy atom. The number of nitrogens with zero attached hydrogens (tertiary/aromatic N) is 5. The Hall–Kier alpha value is -6.23. The van der Waals surface area contributed by atoms with E-state index in [4.69, 9.17) is 10.5 Å². The Balaban J connectivity index is 1.20. The van der Waals surface area contributed by atoms with E-state index in [0.29, 0.717) is 36.0 Å². The summed E-state index contributed by atoms with van der Waals surface area (Å²) in [5.41, 5.74) is 6.04. The lowest BCUT2D eigenvalue weighted by atomic mass is 9.84. The minimum atomic E-state index is -1.37. The van der Waals surface area contributed by atoms with E-state index in [1.54, 1.807) is 38.2 Å². The number of aliphatic hydroxyl groups is 1. The number of rotatable bonds is 18. The molecule has 324 valence electrons. The van der Waals surface area contributed by atoms with Gasteiger partial charge in [0, 0.05) is 31.1 Å². The van der Waals surface area contributed by atoms with Crippen LogP contribution >= 0.6 is 0 Å². The highest BCUT2D eigenvalue weighted by molar-refractivity contribution is 6.37. The van der Waals surface area contributed by atoms with Crippen LogP contribution in [0.2, 0.25) is 0 Å². The van der Waals surface area contributed by atoms with Crippen molar-refractivity contribution in [2.24, 2.45) is 11.7 Å². The van der Waals surface area contributed by atoms with Gasteiger partial charge in [-0.05, 0) is 63.1 Å². The molecular weight excluding hydrogens is 783 g/mol. The third-order valence-electron chi connectivity index (χ3n) is 11.5. The van der Waals surface area contributed by atoms with Crippen LogP contribution in [-0.2, 0) is 36.1 Å². The molecule has 0 bridgehead atoms. The van der Waals surface area contributed by atoms with Crippen molar-refractivity contribution in [3.05, 3.63) is 89.9 Å². The molecule has 2 fully saturated rings. The molecule has 1 saturated heterocycles. The summed E-state index contributed by atoms with van der Waals surface area (Å²) in [5, 5.41) is 28.3. The summed E-state index contributed by atoms with van der Waals surface area (Å²) in [6.07, 6.45) is 8.33. The predicted molar refractivity (Wildman–Crippen MR) is 223 cm³/mol. The van der Waals surface area contributed by atoms with Gasteiger partial charge < -0.3 is 36.4 Å². The van der Waals surface area contributed by atoms with Gasteiger partial charge in [0.2, 0.25) is 17.6 Å². The molecule has 2 aromatic heterocycles. The number of likely N-dealkylation sites (tertiary alicyclic amines) is 1. The summed E-state index contributed by atoms with van der Waals surface area (Å²) >= 11 is 0. The zero-order valence-corrected chi connectivity index (χ0v) is 34.6. The van der Waals surface area contributed by atoms with Gasteiger partial charge in [0.05, 0.1) is 35.1 Å². The molecule has 17 heteroatoms. The van der Waals surface area contributed by atoms with Gasteiger partial charge >= 0.3 is 6.09 Å². The average molecular weight is 838 g/mol. The number of hydrogen-bond donors (Lipinski definition) is 5. The van der Waals surface area contributed by atoms with E-state index < -0.39 is 65.3 Å². The summed E-state index contributed by atoms with van der Waals surface area (Å²) in [7, 11) is 0. The van der Waals surface area contributed by atoms with Crippen LogP contribution in [0, 0.1) is 5.92 Å². The van der Waals surface area contributed by atoms with Crippen LogP contribution in [0.25, 0.3) is 10.9 Å². The smallest absolute Gasteiger partial charge is 0.407 e. The largest absolute Gasteiger partial charge is 0.445 e. The maximum absolute atomic E-state index is 15.0. The minimum Gasteiger partial charge on any atom is -0.445 e. The topological polar surface area (TPSA) is 241 Å². The third-order valence-corrected chi connectivity index (χ3v) is 11.5. The third kappa shape index (κ3) is 11.5. The molecule has 2 aromatic carbocycles. The van der Waals surface area contributed by atoms with Crippen LogP contribution in [-0.4, -0.2) is 96.7 Å². The van der Waals surface area contributed by atoms with Crippen LogP contribution in [0.1, 0.15) is 106 Å². The highest BCUT2D eigenvalue weighted by atomic mass is 16.5. The molecule has 6 N–H and O–H groups in total. The Labute approximate surface area is 354 Å². The number of unbranched alkanes of at least 4 members (excludes halogenated alkanes) is 1. The summed E-state index contributed by atoms with van der Waals surface area (Å²) in [6.45, 7) is 3.42. The monoisotopic (exact) mass is 837 g/mol. The number of carbonyl (C=O) groups is 6. The van der Waals surface area contributed by atoms with E-state index in [1.165, 1.54) is 15.8 Å². The van der Waals surface area contributed by atoms with E-state index in [0.717, 1.165) is 43.1 Å². The second-order valence-corrected chi connectivity index (χ2v) is 16.4. The van der Waals surface area contributed by atoms with Crippen LogP contribution in [0.3, 0.4) is 0 Å². The molecule has 61 heavy (non-hydrogen) atoms. The van der Waals surface area contributed by atoms with E-state index in [2.05, 4.69) is 31.2 Å². The number of Topliss-reactive ketones (excluding diaryl/α,β-unsaturated/α-hetero) is 1. The summed E-state index contributed by atoms with van der Waals surface area (Å²) in [5.74, 6) is -3.79. The molecule has 4 atom stereocenters. The Morgan fingerprint density at radius 3 is 2.43 bits per heavy atom. The van der Waals surface area contributed by atoms with Gasteiger partial charge in [0.1, 0.15) is 24.3 Å². The molecular formula is C44H55N9O8. The van der Waals surface area contributed by atoms with Gasteiger partial charge in [0.15, 0.2) is 0 Å². The van der Waals surface area contributed by atoms with E-state index in [-0.39, 0.29) is 38.5 Å². The number of nitrogens with two attached hydrogens (primary N) is 1. The summed E-state index contributed by atoms with van der Waals surface area (Å²) < 4.78 is 6.74. The second-order valence-electron chi connectivity index (χ2n) is 16.4.